The number of rotatable bonds is 6. The monoisotopic (exact) mass is 240 g/mol. The highest BCUT2D eigenvalue weighted by atomic mass is 16.5. The SMILES string of the molecule is C=C(CO)C(CO)(CO)Oc1ccccc1O. The van der Waals surface area contributed by atoms with E-state index in [1.54, 1.807) is 12.1 Å². The van der Waals surface area contributed by atoms with Gasteiger partial charge in [-0.05, 0) is 17.7 Å². The summed E-state index contributed by atoms with van der Waals surface area (Å²) in [5.74, 6) is -0.0188. The predicted octanol–water partition coefficient (Wildman–Crippen LogP) is 0.0429. The molecule has 0 aromatic heterocycles. The summed E-state index contributed by atoms with van der Waals surface area (Å²) in [5.41, 5.74) is -1.38. The van der Waals surface area contributed by atoms with Crippen LogP contribution in [0.1, 0.15) is 0 Å². The summed E-state index contributed by atoms with van der Waals surface area (Å²) in [6.07, 6.45) is 0. The quantitative estimate of drug-likeness (QED) is 0.527. The number of hydrogen-bond donors (Lipinski definition) is 4. The van der Waals surface area contributed by atoms with Crippen LogP contribution < -0.4 is 4.74 Å². The minimum Gasteiger partial charge on any atom is -0.504 e. The van der Waals surface area contributed by atoms with Gasteiger partial charge in [0.15, 0.2) is 17.1 Å². The molecule has 4 N–H and O–H groups in total. The Hall–Kier alpha value is -1.56. The van der Waals surface area contributed by atoms with Gasteiger partial charge < -0.3 is 25.2 Å². The molecule has 17 heavy (non-hydrogen) atoms. The van der Waals surface area contributed by atoms with Crippen LogP contribution in [0.4, 0.5) is 0 Å². The smallest absolute Gasteiger partial charge is 0.178 e. The first-order chi connectivity index (χ1) is 8.09. The normalized spacial score (nSPS) is 11.2. The van der Waals surface area contributed by atoms with Crippen molar-refractivity contribution in [2.75, 3.05) is 19.8 Å². The third kappa shape index (κ3) is 2.76. The van der Waals surface area contributed by atoms with E-state index in [4.69, 9.17) is 9.84 Å². The summed E-state index contributed by atoms with van der Waals surface area (Å²) >= 11 is 0. The first kappa shape index (κ1) is 13.5. The lowest BCUT2D eigenvalue weighted by atomic mass is 9.97. The van der Waals surface area contributed by atoms with E-state index in [0.717, 1.165) is 0 Å². The van der Waals surface area contributed by atoms with Gasteiger partial charge in [-0.25, -0.2) is 0 Å². The fourth-order valence-electron chi connectivity index (χ4n) is 1.31. The maximum atomic E-state index is 9.54. The highest BCUT2D eigenvalue weighted by molar-refractivity contribution is 5.39. The number of benzene rings is 1. The van der Waals surface area contributed by atoms with Crippen molar-refractivity contribution >= 4 is 0 Å². The molecule has 5 heteroatoms. The van der Waals surface area contributed by atoms with E-state index in [1.807, 2.05) is 0 Å². The molecule has 5 nitrogen and oxygen atoms in total. The number of aliphatic hydroxyl groups is 3. The Bertz CT molecular complexity index is 384. The molecule has 0 atom stereocenters. The summed E-state index contributed by atoms with van der Waals surface area (Å²) in [6, 6.07) is 6.15. The van der Waals surface area contributed by atoms with Crippen LogP contribution in [0.5, 0.6) is 11.5 Å². The summed E-state index contributed by atoms with van der Waals surface area (Å²) in [7, 11) is 0. The predicted molar refractivity (Wildman–Crippen MR) is 61.9 cm³/mol. The molecular weight excluding hydrogens is 224 g/mol. The Kier molecular flexibility index (Phi) is 4.51. The third-order valence-corrected chi connectivity index (χ3v) is 2.52. The zero-order valence-electron chi connectivity index (χ0n) is 9.33. The highest BCUT2D eigenvalue weighted by Crippen LogP contribution is 2.30. The van der Waals surface area contributed by atoms with Crippen molar-refractivity contribution in [1.82, 2.24) is 0 Å². The third-order valence-electron chi connectivity index (χ3n) is 2.52. The molecule has 1 aromatic carbocycles. The van der Waals surface area contributed by atoms with Crippen molar-refractivity contribution in [3.05, 3.63) is 36.4 Å². The average Bonchev–Trinajstić information content (AvgIpc) is 2.37. The molecule has 0 heterocycles. The van der Waals surface area contributed by atoms with Crippen LogP contribution >= 0.6 is 0 Å². The van der Waals surface area contributed by atoms with Gasteiger partial charge in [0.2, 0.25) is 0 Å². The van der Waals surface area contributed by atoms with Gasteiger partial charge in [-0.1, -0.05) is 18.7 Å². The molecule has 0 spiro atoms. The summed E-state index contributed by atoms with van der Waals surface area (Å²) < 4.78 is 5.37. The second-order valence-corrected chi connectivity index (χ2v) is 3.64. The van der Waals surface area contributed by atoms with Crippen LogP contribution in [-0.4, -0.2) is 45.8 Å². The number of aromatic hydroxyl groups is 1. The molecule has 1 rings (SSSR count). The largest absolute Gasteiger partial charge is 0.504 e. The van der Waals surface area contributed by atoms with Crippen LogP contribution in [0.15, 0.2) is 36.4 Å². The molecule has 0 bridgehead atoms. The van der Waals surface area contributed by atoms with Crippen LogP contribution in [0.25, 0.3) is 0 Å². The molecule has 0 fully saturated rings. The van der Waals surface area contributed by atoms with Gasteiger partial charge in [0.05, 0.1) is 19.8 Å². The van der Waals surface area contributed by atoms with Gasteiger partial charge in [0.1, 0.15) is 0 Å². The highest BCUT2D eigenvalue weighted by Gasteiger charge is 2.35. The standard InChI is InChI=1S/C12H16O5/c1-9(6-13)12(7-14,8-15)17-11-5-3-2-4-10(11)16/h2-5,13-16H,1,6-8H2. The van der Waals surface area contributed by atoms with E-state index in [-0.39, 0.29) is 17.1 Å². The fourth-order valence-corrected chi connectivity index (χ4v) is 1.31. The van der Waals surface area contributed by atoms with Crippen molar-refractivity contribution in [2.24, 2.45) is 0 Å². The van der Waals surface area contributed by atoms with Gasteiger partial charge >= 0.3 is 0 Å². The van der Waals surface area contributed by atoms with E-state index in [1.165, 1.54) is 12.1 Å². The number of aliphatic hydroxyl groups excluding tert-OH is 3. The van der Waals surface area contributed by atoms with Gasteiger partial charge in [-0.15, -0.1) is 0 Å². The van der Waals surface area contributed by atoms with Crippen molar-refractivity contribution in [3.63, 3.8) is 0 Å². The van der Waals surface area contributed by atoms with Gasteiger partial charge in [-0.3, -0.25) is 0 Å². The lowest BCUT2D eigenvalue weighted by Crippen LogP contribution is -2.46. The van der Waals surface area contributed by atoms with E-state index in [9.17, 15) is 15.3 Å². The molecule has 0 aliphatic carbocycles. The van der Waals surface area contributed by atoms with Crippen LogP contribution in [-0.2, 0) is 0 Å². The number of ether oxygens (including phenoxy) is 1. The molecule has 94 valence electrons. The first-order valence-corrected chi connectivity index (χ1v) is 5.07. The first-order valence-electron chi connectivity index (χ1n) is 5.07. The Labute approximate surface area is 99.2 Å². The number of phenolic OH excluding ortho intramolecular Hbond substituents is 1. The van der Waals surface area contributed by atoms with E-state index >= 15 is 0 Å². The molecular formula is C12H16O5. The zero-order chi connectivity index (χ0) is 12.9. The van der Waals surface area contributed by atoms with Crippen molar-refractivity contribution in [1.29, 1.82) is 0 Å². The lowest BCUT2D eigenvalue weighted by molar-refractivity contribution is -0.0132. The van der Waals surface area contributed by atoms with Gasteiger partial charge in [-0.2, -0.15) is 0 Å². The van der Waals surface area contributed by atoms with Crippen LogP contribution in [0.2, 0.25) is 0 Å². The summed E-state index contributed by atoms with van der Waals surface area (Å²) in [5, 5.41) is 37.1. The fraction of sp³-hybridized carbons (Fsp3) is 0.333. The van der Waals surface area contributed by atoms with E-state index < -0.39 is 25.4 Å². The van der Waals surface area contributed by atoms with E-state index in [2.05, 4.69) is 6.58 Å². The van der Waals surface area contributed by atoms with Gasteiger partial charge in [0, 0.05) is 0 Å². The van der Waals surface area contributed by atoms with Crippen LogP contribution in [0, 0.1) is 0 Å². The van der Waals surface area contributed by atoms with Crippen molar-refractivity contribution < 1.29 is 25.2 Å². The van der Waals surface area contributed by atoms with Crippen molar-refractivity contribution in [3.8, 4) is 11.5 Å². The molecule has 0 saturated carbocycles. The van der Waals surface area contributed by atoms with E-state index in [0.29, 0.717) is 0 Å². The lowest BCUT2D eigenvalue weighted by Gasteiger charge is -2.32. The van der Waals surface area contributed by atoms with Gasteiger partial charge in [0.25, 0.3) is 0 Å². The number of hydrogen-bond acceptors (Lipinski definition) is 5. The Balaban J connectivity index is 3.02. The maximum absolute atomic E-state index is 9.54. The second kappa shape index (κ2) is 5.67. The summed E-state index contributed by atoms with van der Waals surface area (Å²) in [6.45, 7) is 1.98. The molecule has 0 radical (unpaired) electrons. The molecule has 0 aliphatic heterocycles. The number of phenols is 1. The minimum absolute atomic E-state index is 0.102. The average molecular weight is 240 g/mol. The Morgan fingerprint density at radius 2 is 1.76 bits per heavy atom. The number of para-hydroxylation sites is 2. The summed E-state index contributed by atoms with van der Waals surface area (Å²) in [4.78, 5) is 0. The maximum Gasteiger partial charge on any atom is 0.178 e. The minimum atomic E-state index is -1.51. The Morgan fingerprint density at radius 1 is 1.18 bits per heavy atom. The molecule has 1 aromatic rings. The Morgan fingerprint density at radius 3 is 2.24 bits per heavy atom. The second-order valence-electron chi connectivity index (χ2n) is 3.64. The molecule has 0 aliphatic rings. The van der Waals surface area contributed by atoms with Crippen molar-refractivity contribution in [2.45, 2.75) is 5.60 Å². The molecule has 0 amide bonds. The molecule has 0 saturated heterocycles. The zero-order valence-corrected chi connectivity index (χ0v) is 9.33. The molecule has 0 unspecified atom stereocenters. The topological polar surface area (TPSA) is 90.2 Å². The van der Waals surface area contributed by atoms with Crippen LogP contribution in [0.3, 0.4) is 0 Å².